The maximum Gasteiger partial charge on any atom is 0.321 e. The molecule has 0 bridgehead atoms. The van der Waals surface area contributed by atoms with E-state index in [2.05, 4.69) is 24.5 Å². The first-order valence-corrected chi connectivity index (χ1v) is 8.76. The molecule has 1 aromatic carbocycles. The summed E-state index contributed by atoms with van der Waals surface area (Å²) in [6.07, 6.45) is 3.83. The van der Waals surface area contributed by atoms with Crippen LogP contribution in [0, 0.1) is 11.8 Å². The van der Waals surface area contributed by atoms with Crippen molar-refractivity contribution in [2.75, 3.05) is 19.4 Å². The molecular weight excluding hydrogens is 302 g/mol. The zero-order valence-corrected chi connectivity index (χ0v) is 15.1. The highest BCUT2D eigenvalue weighted by atomic mass is 16.2. The van der Waals surface area contributed by atoms with Crippen molar-refractivity contribution >= 4 is 17.6 Å². The Balaban J connectivity index is 2.10. The van der Waals surface area contributed by atoms with Crippen LogP contribution in [-0.2, 0) is 11.2 Å². The quantitative estimate of drug-likeness (QED) is 0.889. The van der Waals surface area contributed by atoms with E-state index in [9.17, 15) is 9.59 Å². The van der Waals surface area contributed by atoms with Gasteiger partial charge in [0.05, 0.1) is 6.42 Å². The molecule has 1 aliphatic carbocycles. The fraction of sp³-hybridized carbons (Fsp3) is 0.579. The average Bonchev–Trinajstić information content (AvgIpc) is 2.56. The monoisotopic (exact) mass is 331 g/mol. The molecule has 1 aliphatic rings. The number of hydrogen-bond acceptors (Lipinski definition) is 2. The number of benzene rings is 1. The molecule has 1 saturated carbocycles. The summed E-state index contributed by atoms with van der Waals surface area (Å²) in [4.78, 5) is 26.2. The minimum Gasteiger partial charge on any atom is -0.359 e. The molecule has 24 heavy (non-hydrogen) atoms. The first-order chi connectivity index (χ1) is 11.4. The number of urea groups is 1. The lowest BCUT2D eigenvalue weighted by Crippen LogP contribution is -2.48. The SMILES string of the molecule is CNC(=O)Cc1ccccc1NC(=O)N(C)C1[C@H](C)CCC[C@@H]1C. The molecule has 0 spiro atoms. The van der Waals surface area contributed by atoms with Crippen LogP contribution < -0.4 is 10.6 Å². The van der Waals surface area contributed by atoms with Crippen molar-refractivity contribution < 1.29 is 9.59 Å². The maximum atomic E-state index is 12.7. The summed E-state index contributed by atoms with van der Waals surface area (Å²) in [6, 6.07) is 7.61. The lowest BCUT2D eigenvalue weighted by molar-refractivity contribution is -0.119. The van der Waals surface area contributed by atoms with Crippen molar-refractivity contribution in [1.82, 2.24) is 10.2 Å². The van der Waals surface area contributed by atoms with Crippen LogP contribution in [0.5, 0.6) is 0 Å². The van der Waals surface area contributed by atoms with E-state index in [0.717, 1.165) is 5.56 Å². The summed E-state index contributed by atoms with van der Waals surface area (Å²) in [5.74, 6) is 0.941. The van der Waals surface area contributed by atoms with Crippen LogP contribution in [0.25, 0.3) is 0 Å². The molecule has 0 saturated heterocycles. The third-order valence-electron chi connectivity index (χ3n) is 5.14. The minimum absolute atomic E-state index is 0.0698. The number of rotatable bonds is 4. The van der Waals surface area contributed by atoms with Crippen LogP contribution in [0.1, 0.15) is 38.7 Å². The first kappa shape index (κ1) is 18.3. The Morgan fingerprint density at radius 2 is 1.79 bits per heavy atom. The van der Waals surface area contributed by atoms with Gasteiger partial charge in [-0.15, -0.1) is 0 Å². The maximum absolute atomic E-state index is 12.7. The Morgan fingerprint density at radius 1 is 1.17 bits per heavy atom. The number of hydrogen-bond donors (Lipinski definition) is 2. The fourth-order valence-electron chi connectivity index (χ4n) is 3.82. The second-order valence-corrected chi connectivity index (χ2v) is 6.92. The third-order valence-corrected chi connectivity index (χ3v) is 5.14. The van der Waals surface area contributed by atoms with Crippen LogP contribution >= 0.6 is 0 Å². The van der Waals surface area contributed by atoms with E-state index in [0.29, 0.717) is 17.5 Å². The molecule has 5 heteroatoms. The molecule has 5 nitrogen and oxygen atoms in total. The number of carbonyl (C=O) groups is 2. The number of likely N-dealkylation sites (N-methyl/N-ethyl adjacent to an activating group) is 1. The van der Waals surface area contributed by atoms with Gasteiger partial charge in [0.2, 0.25) is 5.91 Å². The van der Waals surface area contributed by atoms with Crippen molar-refractivity contribution in [1.29, 1.82) is 0 Å². The summed E-state index contributed by atoms with van der Waals surface area (Å²) < 4.78 is 0. The van der Waals surface area contributed by atoms with Gasteiger partial charge >= 0.3 is 6.03 Å². The van der Waals surface area contributed by atoms with Gasteiger partial charge in [-0.1, -0.05) is 38.5 Å². The molecular formula is C19H29N3O2. The van der Waals surface area contributed by atoms with Gasteiger partial charge in [0.15, 0.2) is 0 Å². The van der Waals surface area contributed by atoms with Crippen LogP contribution in [0.2, 0.25) is 0 Å². The number of nitrogens with one attached hydrogen (secondary N) is 2. The second-order valence-electron chi connectivity index (χ2n) is 6.92. The fourth-order valence-corrected chi connectivity index (χ4v) is 3.82. The summed E-state index contributed by atoms with van der Waals surface area (Å²) >= 11 is 0. The Morgan fingerprint density at radius 3 is 2.42 bits per heavy atom. The Hall–Kier alpha value is -2.04. The van der Waals surface area contributed by atoms with E-state index < -0.39 is 0 Å². The van der Waals surface area contributed by atoms with Crippen LogP contribution in [-0.4, -0.2) is 37.0 Å². The first-order valence-electron chi connectivity index (χ1n) is 8.76. The zero-order valence-electron chi connectivity index (χ0n) is 15.1. The second kappa shape index (κ2) is 8.18. The van der Waals surface area contributed by atoms with E-state index in [1.807, 2.05) is 36.2 Å². The van der Waals surface area contributed by atoms with Crippen LogP contribution in [0.4, 0.5) is 10.5 Å². The van der Waals surface area contributed by atoms with Crippen molar-refractivity contribution in [2.24, 2.45) is 11.8 Å². The minimum atomic E-state index is -0.107. The van der Waals surface area contributed by atoms with Crippen molar-refractivity contribution in [2.45, 2.75) is 45.6 Å². The third kappa shape index (κ3) is 4.28. The largest absolute Gasteiger partial charge is 0.359 e. The summed E-state index contributed by atoms with van der Waals surface area (Å²) in [5, 5.41) is 5.60. The highest BCUT2D eigenvalue weighted by Crippen LogP contribution is 2.32. The van der Waals surface area contributed by atoms with E-state index in [4.69, 9.17) is 0 Å². The molecule has 132 valence electrons. The van der Waals surface area contributed by atoms with Gasteiger partial charge in [0.1, 0.15) is 0 Å². The van der Waals surface area contributed by atoms with Gasteiger partial charge in [0, 0.05) is 25.8 Å². The summed E-state index contributed by atoms with van der Waals surface area (Å²) in [7, 11) is 3.49. The summed E-state index contributed by atoms with van der Waals surface area (Å²) in [6.45, 7) is 4.45. The smallest absolute Gasteiger partial charge is 0.321 e. The zero-order chi connectivity index (χ0) is 17.7. The van der Waals surface area contributed by atoms with E-state index in [1.54, 1.807) is 7.05 Å². The molecule has 0 aromatic heterocycles. The molecule has 0 heterocycles. The van der Waals surface area contributed by atoms with Crippen LogP contribution in [0.3, 0.4) is 0 Å². The normalized spacial score (nSPS) is 23.4. The Labute approximate surface area is 144 Å². The van der Waals surface area contributed by atoms with Crippen LogP contribution in [0.15, 0.2) is 24.3 Å². The molecule has 1 unspecified atom stereocenters. The van der Waals surface area contributed by atoms with Gasteiger partial charge in [-0.25, -0.2) is 4.79 Å². The molecule has 3 atom stereocenters. The lowest BCUT2D eigenvalue weighted by atomic mass is 9.78. The lowest BCUT2D eigenvalue weighted by Gasteiger charge is -2.40. The van der Waals surface area contributed by atoms with Gasteiger partial charge in [-0.3, -0.25) is 4.79 Å². The van der Waals surface area contributed by atoms with Gasteiger partial charge < -0.3 is 15.5 Å². The topological polar surface area (TPSA) is 61.4 Å². The molecule has 1 fully saturated rings. The number of carbonyl (C=O) groups excluding carboxylic acids is 2. The van der Waals surface area contributed by atoms with E-state index >= 15 is 0 Å². The predicted octanol–water partition coefficient (Wildman–Crippen LogP) is 3.26. The Bertz CT molecular complexity index is 578. The Kier molecular flexibility index (Phi) is 6.23. The van der Waals surface area contributed by atoms with Crippen molar-refractivity contribution in [3.05, 3.63) is 29.8 Å². The van der Waals surface area contributed by atoms with Gasteiger partial charge in [0.25, 0.3) is 0 Å². The highest BCUT2D eigenvalue weighted by molar-refractivity contribution is 5.91. The van der Waals surface area contributed by atoms with Gasteiger partial charge in [-0.2, -0.15) is 0 Å². The number of anilines is 1. The molecule has 2 N–H and O–H groups in total. The number of para-hydroxylation sites is 1. The predicted molar refractivity (Wildman–Crippen MR) is 97.0 cm³/mol. The molecule has 2 rings (SSSR count). The molecule has 3 amide bonds. The van der Waals surface area contributed by atoms with E-state index in [1.165, 1.54) is 19.3 Å². The van der Waals surface area contributed by atoms with Crippen molar-refractivity contribution in [3.63, 3.8) is 0 Å². The number of nitrogens with zero attached hydrogens (tertiary/aromatic N) is 1. The molecule has 0 aliphatic heterocycles. The van der Waals surface area contributed by atoms with Gasteiger partial charge in [-0.05, 0) is 36.3 Å². The number of amides is 3. The van der Waals surface area contributed by atoms with Crippen molar-refractivity contribution in [3.8, 4) is 0 Å². The summed E-state index contributed by atoms with van der Waals surface area (Å²) in [5.41, 5.74) is 1.53. The van der Waals surface area contributed by atoms with E-state index in [-0.39, 0.29) is 24.4 Å². The highest BCUT2D eigenvalue weighted by Gasteiger charge is 2.33. The standard InChI is InChI=1S/C19H29N3O2/c1-13-8-7-9-14(2)18(13)22(4)19(24)21-16-11-6-5-10-15(16)12-17(23)20-3/h5-6,10-11,13-14,18H,7-9,12H2,1-4H3,(H,20,23)(H,21,24)/t13-,14+,18?. The molecule has 1 aromatic rings. The average molecular weight is 331 g/mol. The molecule has 0 radical (unpaired) electrons.